The summed E-state index contributed by atoms with van der Waals surface area (Å²) in [5.41, 5.74) is 2.41. The topological polar surface area (TPSA) is 68.8 Å². The lowest BCUT2D eigenvalue weighted by molar-refractivity contribution is 0.0788. The molecule has 1 N–H and O–H groups in total. The van der Waals surface area contributed by atoms with Gasteiger partial charge in [0.05, 0.1) is 5.56 Å². The predicted octanol–water partition coefficient (Wildman–Crippen LogP) is 2.28. The van der Waals surface area contributed by atoms with Crippen molar-refractivity contribution in [3.63, 3.8) is 0 Å². The van der Waals surface area contributed by atoms with Crippen LogP contribution in [0.3, 0.4) is 0 Å². The number of hydrogen-bond donors (Lipinski definition) is 1. The van der Waals surface area contributed by atoms with Crippen LogP contribution in [0, 0.1) is 12.7 Å². The number of carbonyl (C=O) groups is 2. The van der Waals surface area contributed by atoms with Crippen molar-refractivity contribution in [2.24, 2.45) is 0 Å². The van der Waals surface area contributed by atoms with E-state index in [4.69, 9.17) is 0 Å². The van der Waals surface area contributed by atoms with Gasteiger partial charge >= 0.3 is 6.03 Å². The van der Waals surface area contributed by atoms with Crippen LogP contribution >= 0.6 is 0 Å². The number of piperazine rings is 1. The standard InChI is InChI=1S/C22H26FN5O2/c1-16-2-3-17(14-24-16)21(29)28-9-8-19(15-28)25-22(30)27-12-10-26(11-13-27)20-6-4-18(23)5-7-20/h2-7,14,19H,8-13,15H2,1H3,(H,25,30). The maximum atomic E-state index is 13.1. The van der Waals surface area contributed by atoms with E-state index in [9.17, 15) is 14.0 Å². The fraction of sp³-hybridized carbons (Fsp3) is 0.409. The number of benzene rings is 1. The van der Waals surface area contributed by atoms with Crippen LogP contribution in [0.5, 0.6) is 0 Å². The fourth-order valence-electron chi connectivity index (χ4n) is 3.92. The normalized spacial score (nSPS) is 19.1. The van der Waals surface area contributed by atoms with Crippen LogP contribution in [0.1, 0.15) is 22.5 Å². The molecule has 3 amide bonds. The maximum Gasteiger partial charge on any atom is 0.317 e. The number of halogens is 1. The second kappa shape index (κ2) is 8.69. The molecule has 0 spiro atoms. The highest BCUT2D eigenvalue weighted by Gasteiger charge is 2.30. The zero-order chi connectivity index (χ0) is 21.1. The van der Waals surface area contributed by atoms with Crippen molar-refractivity contribution < 1.29 is 14.0 Å². The molecule has 158 valence electrons. The van der Waals surface area contributed by atoms with E-state index in [-0.39, 0.29) is 23.8 Å². The van der Waals surface area contributed by atoms with Gasteiger partial charge in [0.1, 0.15) is 5.82 Å². The number of carbonyl (C=O) groups excluding carboxylic acids is 2. The Hall–Kier alpha value is -3.16. The van der Waals surface area contributed by atoms with Crippen LogP contribution in [0.15, 0.2) is 42.6 Å². The van der Waals surface area contributed by atoms with Gasteiger partial charge in [0.2, 0.25) is 0 Å². The predicted molar refractivity (Wildman–Crippen MR) is 112 cm³/mol. The van der Waals surface area contributed by atoms with Gasteiger partial charge in [-0.15, -0.1) is 0 Å². The van der Waals surface area contributed by atoms with Crippen LogP contribution in [0.4, 0.5) is 14.9 Å². The van der Waals surface area contributed by atoms with Gasteiger partial charge in [-0.3, -0.25) is 9.78 Å². The second-order valence-corrected chi connectivity index (χ2v) is 7.83. The highest BCUT2D eigenvalue weighted by atomic mass is 19.1. The summed E-state index contributed by atoms with van der Waals surface area (Å²) in [6.45, 7) is 5.63. The molecule has 1 atom stereocenters. The number of nitrogens with one attached hydrogen (secondary N) is 1. The summed E-state index contributed by atoms with van der Waals surface area (Å²) in [5.74, 6) is -0.299. The lowest BCUT2D eigenvalue weighted by Gasteiger charge is -2.36. The second-order valence-electron chi connectivity index (χ2n) is 7.83. The minimum Gasteiger partial charge on any atom is -0.368 e. The molecule has 3 heterocycles. The maximum absolute atomic E-state index is 13.1. The van der Waals surface area contributed by atoms with E-state index in [1.165, 1.54) is 12.1 Å². The Bertz CT molecular complexity index is 895. The van der Waals surface area contributed by atoms with E-state index < -0.39 is 0 Å². The van der Waals surface area contributed by atoms with Crippen molar-refractivity contribution in [2.75, 3.05) is 44.2 Å². The molecule has 2 fully saturated rings. The lowest BCUT2D eigenvalue weighted by atomic mass is 10.2. The van der Waals surface area contributed by atoms with Crippen LogP contribution in [0.2, 0.25) is 0 Å². The molecule has 0 bridgehead atoms. The van der Waals surface area contributed by atoms with Crippen LogP contribution in [-0.2, 0) is 0 Å². The first-order chi connectivity index (χ1) is 14.5. The van der Waals surface area contributed by atoms with Crippen LogP contribution < -0.4 is 10.2 Å². The van der Waals surface area contributed by atoms with E-state index in [1.807, 2.05) is 13.0 Å². The Morgan fingerprint density at radius 1 is 1.00 bits per heavy atom. The van der Waals surface area contributed by atoms with Crippen molar-refractivity contribution in [2.45, 2.75) is 19.4 Å². The molecule has 0 radical (unpaired) electrons. The van der Waals surface area contributed by atoms with Crippen LogP contribution in [0.25, 0.3) is 0 Å². The third-order valence-corrected chi connectivity index (χ3v) is 5.72. The SMILES string of the molecule is Cc1ccc(C(=O)N2CCC(NC(=O)N3CCN(c4ccc(F)cc4)CC3)C2)cn1. The molecule has 1 aromatic heterocycles. The first kappa shape index (κ1) is 20.1. The first-order valence-electron chi connectivity index (χ1n) is 10.3. The average Bonchev–Trinajstić information content (AvgIpc) is 3.23. The van der Waals surface area contributed by atoms with Crippen molar-refractivity contribution in [3.05, 3.63) is 59.7 Å². The fourth-order valence-corrected chi connectivity index (χ4v) is 3.92. The molecule has 2 aromatic rings. The number of amides is 3. The third kappa shape index (κ3) is 4.53. The molecule has 2 saturated heterocycles. The number of urea groups is 1. The highest BCUT2D eigenvalue weighted by Crippen LogP contribution is 2.18. The lowest BCUT2D eigenvalue weighted by Crippen LogP contribution is -2.54. The monoisotopic (exact) mass is 411 g/mol. The molecular formula is C22H26FN5O2. The summed E-state index contributed by atoms with van der Waals surface area (Å²) < 4.78 is 13.1. The molecule has 30 heavy (non-hydrogen) atoms. The first-order valence-corrected chi connectivity index (χ1v) is 10.3. The molecule has 1 aromatic carbocycles. The quantitative estimate of drug-likeness (QED) is 0.842. The summed E-state index contributed by atoms with van der Waals surface area (Å²) in [5, 5.41) is 3.07. The zero-order valence-electron chi connectivity index (χ0n) is 17.1. The van der Waals surface area contributed by atoms with Gasteiger partial charge < -0.3 is 20.0 Å². The van der Waals surface area contributed by atoms with Gasteiger partial charge in [-0.05, 0) is 49.7 Å². The summed E-state index contributed by atoms with van der Waals surface area (Å²) >= 11 is 0. The smallest absolute Gasteiger partial charge is 0.317 e. The Labute approximate surface area is 175 Å². The van der Waals surface area contributed by atoms with Gasteiger partial charge in [-0.1, -0.05) is 0 Å². The Morgan fingerprint density at radius 2 is 1.73 bits per heavy atom. The average molecular weight is 411 g/mol. The number of rotatable bonds is 3. The summed E-state index contributed by atoms with van der Waals surface area (Å²) in [6.07, 6.45) is 2.34. The number of aryl methyl sites for hydroxylation is 1. The highest BCUT2D eigenvalue weighted by molar-refractivity contribution is 5.94. The van der Waals surface area contributed by atoms with Gasteiger partial charge in [0.15, 0.2) is 0 Å². The molecule has 4 rings (SSSR count). The van der Waals surface area contributed by atoms with E-state index in [2.05, 4.69) is 15.2 Å². The number of pyridine rings is 1. The van der Waals surface area contributed by atoms with Crippen molar-refractivity contribution in [1.29, 1.82) is 0 Å². The Kier molecular flexibility index (Phi) is 5.83. The molecule has 0 aliphatic carbocycles. The summed E-state index contributed by atoms with van der Waals surface area (Å²) in [6, 6.07) is 9.91. The molecule has 0 saturated carbocycles. The van der Waals surface area contributed by atoms with Crippen molar-refractivity contribution in [1.82, 2.24) is 20.1 Å². The number of nitrogens with zero attached hydrogens (tertiary/aromatic N) is 4. The molecule has 2 aliphatic heterocycles. The van der Waals surface area contributed by atoms with E-state index in [0.29, 0.717) is 44.8 Å². The van der Waals surface area contributed by atoms with Gasteiger partial charge in [0, 0.05) is 62.9 Å². The molecule has 2 aliphatic rings. The van der Waals surface area contributed by atoms with Crippen molar-refractivity contribution >= 4 is 17.6 Å². The van der Waals surface area contributed by atoms with E-state index in [0.717, 1.165) is 17.8 Å². The van der Waals surface area contributed by atoms with Gasteiger partial charge in [-0.2, -0.15) is 0 Å². The van der Waals surface area contributed by atoms with Crippen LogP contribution in [-0.4, -0.2) is 72.0 Å². The van der Waals surface area contributed by atoms with E-state index in [1.54, 1.807) is 34.2 Å². The molecule has 8 heteroatoms. The Morgan fingerprint density at radius 3 is 2.40 bits per heavy atom. The number of anilines is 1. The minimum atomic E-state index is -0.250. The third-order valence-electron chi connectivity index (χ3n) is 5.72. The molecule has 1 unspecified atom stereocenters. The van der Waals surface area contributed by atoms with E-state index >= 15 is 0 Å². The Balaban J connectivity index is 1.25. The number of hydrogen-bond acceptors (Lipinski definition) is 4. The number of likely N-dealkylation sites (tertiary alicyclic amines) is 1. The largest absolute Gasteiger partial charge is 0.368 e. The van der Waals surface area contributed by atoms with Gasteiger partial charge in [-0.25, -0.2) is 9.18 Å². The van der Waals surface area contributed by atoms with Crippen molar-refractivity contribution in [3.8, 4) is 0 Å². The molecule has 7 nitrogen and oxygen atoms in total. The zero-order valence-corrected chi connectivity index (χ0v) is 17.1. The molecular weight excluding hydrogens is 385 g/mol. The number of aromatic nitrogens is 1. The summed E-state index contributed by atoms with van der Waals surface area (Å²) in [7, 11) is 0. The van der Waals surface area contributed by atoms with Gasteiger partial charge in [0.25, 0.3) is 5.91 Å². The minimum absolute atomic E-state index is 0.0463. The summed E-state index contributed by atoms with van der Waals surface area (Å²) in [4.78, 5) is 35.2.